The third-order valence-corrected chi connectivity index (χ3v) is 4.21. The molecule has 1 N–H and O–H groups in total. The van der Waals surface area contributed by atoms with E-state index in [4.69, 9.17) is 11.6 Å². The van der Waals surface area contributed by atoms with Crippen LogP contribution in [-0.2, 0) is 0 Å². The van der Waals surface area contributed by atoms with Crippen molar-refractivity contribution in [3.63, 3.8) is 0 Å². The number of aromatic carboxylic acids is 1. The van der Waals surface area contributed by atoms with Gasteiger partial charge >= 0.3 is 5.97 Å². The Kier molecular flexibility index (Phi) is 3.95. The number of aromatic nitrogens is 2. The zero-order valence-corrected chi connectivity index (χ0v) is 11.6. The number of nitrogens with zero attached hydrogens (tertiary/aromatic N) is 2. The molecule has 18 heavy (non-hydrogen) atoms. The van der Waals surface area contributed by atoms with Crippen molar-refractivity contribution in [3.05, 3.63) is 16.4 Å². The second-order valence-electron chi connectivity index (χ2n) is 5.04. The molecular weight excluding hydrogens is 252 g/mol. The molecule has 2 rings (SSSR count). The van der Waals surface area contributed by atoms with E-state index in [1.54, 1.807) is 4.68 Å². The lowest BCUT2D eigenvalue weighted by atomic mass is 10.0. The van der Waals surface area contributed by atoms with E-state index in [9.17, 15) is 9.90 Å². The first-order valence-electron chi connectivity index (χ1n) is 6.57. The summed E-state index contributed by atoms with van der Waals surface area (Å²) in [6.45, 7) is 4.04. The molecule has 0 saturated heterocycles. The highest BCUT2D eigenvalue weighted by molar-refractivity contribution is 6.32. The Balaban J connectivity index is 2.46. The number of halogens is 1. The zero-order valence-electron chi connectivity index (χ0n) is 10.8. The fourth-order valence-electron chi connectivity index (χ4n) is 2.58. The summed E-state index contributed by atoms with van der Waals surface area (Å²) in [5.74, 6) is -0.699. The Hall–Kier alpha value is -1.03. The van der Waals surface area contributed by atoms with Crippen LogP contribution in [0.2, 0.25) is 5.15 Å². The van der Waals surface area contributed by atoms with Crippen LogP contribution in [0.4, 0.5) is 0 Å². The predicted molar refractivity (Wildman–Crippen MR) is 70.4 cm³/mol. The Morgan fingerprint density at radius 3 is 2.67 bits per heavy atom. The van der Waals surface area contributed by atoms with Gasteiger partial charge in [0.2, 0.25) is 0 Å². The summed E-state index contributed by atoms with van der Waals surface area (Å²) in [4.78, 5) is 11.4. The molecule has 100 valence electrons. The monoisotopic (exact) mass is 270 g/mol. The number of carboxylic acids is 1. The van der Waals surface area contributed by atoms with Gasteiger partial charge in [0.05, 0.1) is 11.7 Å². The molecule has 0 bridgehead atoms. The lowest BCUT2D eigenvalue weighted by Gasteiger charge is -2.10. The first-order chi connectivity index (χ1) is 8.56. The van der Waals surface area contributed by atoms with Crippen LogP contribution < -0.4 is 0 Å². The number of hydrogen-bond acceptors (Lipinski definition) is 2. The van der Waals surface area contributed by atoms with E-state index >= 15 is 0 Å². The number of carbonyl (C=O) groups is 1. The molecule has 1 unspecified atom stereocenters. The highest BCUT2D eigenvalue weighted by Crippen LogP contribution is 2.38. The highest BCUT2D eigenvalue weighted by atomic mass is 35.5. The van der Waals surface area contributed by atoms with Gasteiger partial charge in [-0.15, -0.1) is 0 Å². The van der Waals surface area contributed by atoms with Gasteiger partial charge in [-0.3, -0.25) is 4.68 Å². The van der Waals surface area contributed by atoms with Crippen molar-refractivity contribution in [2.24, 2.45) is 0 Å². The third kappa shape index (κ3) is 2.26. The van der Waals surface area contributed by atoms with Crippen LogP contribution in [0.3, 0.4) is 0 Å². The molecule has 1 aromatic heterocycles. The van der Waals surface area contributed by atoms with Gasteiger partial charge in [0.25, 0.3) is 0 Å². The van der Waals surface area contributed by atoms with Crippen molar-refractivity contribution in [2.75, 3.05) is 0 Å². The fraction of sp³-hybridized carbons (Fsp3) is 0.692. The topological polar surface area (TPSA) is 55.1 Å². The number of carboxylic acid groups (broad SMARTS) is 1. The molecule has 1 aliphatic carbocycles. The van der Waals surface area contributed by atoms with Gasteiger partial charge in [0.1, 0.15) is 10.7 Å². The number of rotatable bonds is 4. The van der Waals surface area contributed by atoms with Crippen molar-refractivity contribution >= 4 is 17.6 Å². The molecule has 1 fully saturated rings. The van der Waals surface area contributed by atoms with Crippen LogP contribution in [-0.4, -0.2) is 20.9 Å². The van der Waals surface area contributed by atoms with Crippen LogP contribution in [0.15, 0.2) is 0 Å². The summed E-state index contributed by atoms with van der Waals surface area (Å²) in [6.07, 6.45) is 5.22. The molecular formula is C13H19ClN2O2. The number of hydrogen-bond donors (Lipinski definition) is 1. The maximum absolute atomic E-state index is 11.4. The summed E-state index contributed by atoms with van der Waals surface area (Å²) in [7, 11) is 0. The average Bonchev–Trinajstić information content (AvgIpc) is 2.94. The fourth-order valence-corrected chi connectivity index (χ4v) is 2.96. The van der Waals surface area contributed by atoms with Gasteiger partial charge in [-0.25, -0.2) is 4.79 Å². The molecule has 0 radical (unpaired) electrons. The summed E-state index contributed by atoms with van der Waals surface area (Å²) in [6, 6.07) is 0.130. The molecule has 1 aliphatic rings. The minimum Gasteiger partial charge on any atom is -0.478 e. The molecule has 0 aromatic carbocycles. The van der Waals surface area contributed by atoms with E-state index < -0.39 is 5.97 Å². The van der Waals surface area contributed by atoms with E-state index in [1.165, 1.54) is 0 Å². The first-order valence-corrected chi connectivity index (χ1v) is 6.95. The van der Waals surface area contributed by atoms with Gasteiger partial charge in [-0.2, -0.15) is 5.10 Å². The summed E-state index contributed by atoms with van der Waals surface area (Å²) in [5.41, 5.74) is 0.897. The van der Waals surface area contributed by atoms with Crippen molar-refractivity contribution in [3.8, 4) is 0 Å². The van der Waals surface area contributed by atoms with Crippen LogP contribution in [0.25, 0.3) is 0 Å². The zero-order chi connectivity index (χ0) is 13.3. The minimum absolute atomic E-state index is 0.130. The molecule has 1 saturated carbocycles. The third-order valence-electron chi connectivity index (χ3n) is 3.84. The Morgan fingerprint density at radius 2 is 2.17 bits per heavy atom. The quantitative estimate of drug-likeness (QED) is 0.904. The molecule has 1 aromatic rings. The Morgan fingerprint density at radius 1 is 1.56 bits per heavy atom. The standard InChI is InChI=1S/C13H19ClN2O2/c1-3-8(2)16-12(14)10(13(17)18)11(15-16)9-6-4-5-7-9/h8-9H,3-7H2,1-2H3,(H,17,18). The maximum atomic E-state index is 11.4. The summed E-state index contributed by atoms with van der Waals surface area (Å²) in [5, 5.41) is 14.1. The first kappa shape index (κ1) is 13.4. The van der Waals surface area contributed by atoms with E-state index in [2.05, 4.69) is 5.10 Å². The van der Waals surface area contributed by atoms with Gasteiger partial charge < -0.3 is 5.11 Å². The smallest absolute Gasteiger partial charge is 0.340 e. The van der Waals surface area contributed by atoms with E-state index in [0.717, 1.165) is 32.1 Å². The molecule has 5 heteroatoms. The average molecular weight is 271 g/mol. The molecule has 4 nitrogen and oxygen atoms in total. The van der Waals surface area contributed by atoms with Crippen LogP contribution in [0.5, 0.6) is 0 Å². The van der Waals surface area contributed by atoms with Crippen LogP contribution >= 0.6 is 11.6 Å². The van der Waals surface area contributed by atoms with Crippen molar-refractivity contribution in [1.29, 1.82) is 0 Å². The molecule has 1 atom stereocenters. The Labute approximate surface area is 112 Å². The lowest BCUT2D eigenvalue weighted by Crippen LogP contribution is -2.06. The highest BCUT2D eigenvalue weighted by Gasteiger charge is 2.30. The molecule has 0 spiro atoms. The van der Waals surface area contributed by atoms with Gasteiger partial charge in [0.15, 0.2) is 0 Å². The second-order valence-corrected chi connectivity index (χ2v) is 5.40. The van der Waals surface area contributed by atoms with E-state index in [1.807, 2.05) is 13.8 Å². The molecule has 0 aliphatic heterocycles. The summed E-state index contributed by atoms with van der Waals surface area (Å²) < 4.78 is 1.67. The van der Waals surface area contributed by atoms with Gasteiger partial charge in [-0.1, -0.05) is 31.4 Å². The van der Waals surface area contributed by atoms with Crippen molar-refractivity contribution in [2.45, 2.75) is 57.9 Å². The minimum atomic E-state index is -0.962. The molecule has 1 heterocycles. The van der Waals surface area contributed by atoms with E-state index in [0.29, 0.717) is 5.69 Å². The van der Waals surface area contributed by atoms with E-state index in [-0.39, 0.29) is 22.7 Å². The SMILES string of the molecule is CCC(C)n1nc(C2CCCC2)c(C(=O)O)c1Cl. The van der Waals surface area contributed by atoms with Crippen molar-refractivity contribution in [1.82, 2.24) is 9.78 Å². The predicted octanol–water partition coefficient (Wildman–Crippen LogP) is 3.86. The normalized spacial score (nSPS) is 18.2. The summed E-state index contributed by atoms with van der Waals surface area (Å²) >= 11 is 6.20. The van der Waals surface area contributed by atoms with Gasteiger partial charge in [0, 0.05) is 5.92 Å². The Bertz CT molecular complexity index is 450. The lowest BCUT2D eigenvalue weighted by molar-refractivity contribution is 0.0695. The second kappa shape index (κ2) is 5.31. The molecule has 0 amide bonds. The largest absolute Gasteiger partial charge is 0.478 e. The van der Waals surface area contributed by atoms with Crippen LogP contribution in [0, 0.1) is 0 Å². The van der Waals surface area contributed by atoms with Crippen molar-refractivity contribution < 1.29 is 9.90 Å². The van der Waals surface area contributed by atoms with Gasteiger partial charge in [-0.05, 0) is 26.2 Å². The van der Waals surface area contributed by atoms with Crippen LogP contribution in [0.1, 0.15) is 74.0 Å². The maximum Gasteiger partial charge on any atom is 0.340 e.